The summed E-state index contributed by atoms with van der Waals surface area (Å²) < 4.78 is 2.01. The van der Waals surface area contributed by atoms with Crippen LogP contribution in [0.15, 0.2) is 61.1 Å². The summed E-state index contributed by atoms with van der Waals surface area (Å²) in [5.41, 5.74) is 2.59. The van der Waals surface area contributed by atoms with Crippen molar-refractivity contribution in [1.82, 2.24) is 14.3 Å². The van der Waals surface area contributed by atoms with E-state index in [-0.39, 0.29) is 0 Å². The molecule has 0 aliphatic carbocycles. The zero-order valence-corrected chi connectivity index (χ0v) is 14.3. The second-order valence-corrected chi connectivity index (χ2v) is 7.59. The minimum Gasteiger partial charge on any atom is -0.385 e. The highest BCUT2D eigenvalue weighted by molar-refractivity contribution is 5.41. The Morgan fingerprint density at radius 2 is 1.80 bits per heavy atom. The highest BCUT2D eigenvalue weighted by Crippen LogP contribution is 2.46. The van der Waals surface area contributed by atoms with Gasteiger partial charge in [0.05, 0.1) is 5.60 Å². The van der Waals surface area contributed by atoms with Gasteiger partial charge in [0.25, 0.3) is 0 Å². The second-order valence-electron chi connectivity index (χ2n) is 7.59. The molecule has 0 saturated carbocycles. The van der Waals surface area contributed by atoms with Gasteiger partial charge >= 0.3 is 0 Å². The molecule has 2 bridgehead atoms. The molecule has 3 aromatic rings. The van der Waals surface area contributed by atoms with Crippen molar-refractivity contribution in [3.8, 4) is 0 Å². The van der Waals surface area contributed by atoms with Crippen molar-refractivity contribution in [1.29, 1.82) is 0 Å². The molecule has 2 aliphatic heterocycles. The van der Waals surface area contributed by atoms with Crippen LogP contribution in [0.3, 0.4) is 0 Å². The van der Waals surface area contributed by atoms with Gasteiger partial charge in [-0.1, -0.05) is 36.4 Å². The highest BCUT2D eigenvalue weighted by atomic mass is 16.3. The first kappa shape index (κ1) is 15.1. The fourth-order valence-corrected chi connectivity index (χ4v) is 4.80. The topological polar surface area (TPSA) is 40.8 Å². The van der Waals surface area contributed by atoms with Crippen LogP contribution in [-0.4, -0.2) is 31.5 Å². The van der Waals surface area contributed by atoms with Crippen molar-refractivity contribution in [2.75, 3.05) is 0 Å². The molecule has 2 fully saturated rings. The minimum absolute atomic E-state index is 0.461. The van der Waals surface area contributed by atoms with Crippen LogP contribution >= 0.6 is 0 Å². The number of fused-ring (bicyclic) bond motifs is 3. The van der Waals surface area contributed by atoms with Gasteiger partial charge in [-0.05, 0) is 37.3 Å². The van der Waals surface area contributed by atoms with Gasteiger partial charge in [0.2, 0.25) is 0 Å². The zero-order chi connectivity index (χ0) is 16.9. The van der Waals surface area contributed by atoms with Crippen LogP contribution in [0.2, 0.25) is 0 Å². The van der Waals surface area contributed by atoms with Crippen LogP contribution in [0.1, 0.15) is 36.8 Å². The number of nitrogens with zero attached hydrogens (tertiary/aromatic N) is 3. The number of hydrogen-bond acceptors (Lipinski definition) is 3. The first-order valence-corrected chi connectivity index (χ1v) is 9.17. The summed E-state index contributed by atoms with van der Waals surface area (Å²) in [6, 6.07) is 15.7. The van der Waals surface area contributed by atoms with Gasteiger partial charge in [-0.2, -0.15) is 0 Å². The molecular weight excluding hydrogens is 310 g/mol. The van der Waals surface area contributed by atoms with Crippen molar-refractivity contribution in [2.45, 2.75) is 49.9 Å². The molecule has 2 aromatic heterocycles. The smallest absolute Gasteiger partial charge is 0.136 e. The first-order valence-electron chi connectivity index (χ1n) is 9.17. The first-order chi connectivity index (χ1) is 12.2. The number of hydrogen-bond donors (Lipinski definition) is 1. The van der Waals surface area contributed by atoms with Crippen molar-refractivity contribution in [2.24, 2.45) is 0 Å². The molecule has 4 heteroatoms. The molecule has 128 valence electrons. The molecule has 0 amide bonds. The average molecular weight is 333 g/mol. The minimum atomic E-state index is -0.725. The maximum Gasteiger partial charge on any atom is 0.136 e. The predicted octanol–water partition coefficient (Wildman–Crippen LogP) is 3.35. The Labute approximate surface area is 147 Å². The Balaban J connectivity index is 1.41. The lowest BCUT2D eigenvalue weighted by molar-refractivity contribution is -0.0597. The van der Waals surface area contributed by atoms with Crippen LogP contribution in [-0.2, 0) is 12.1 Å². The molecule has 1 aromatic carbocycles. The average Bonchev–Trinajstić information content (AvgIpc) is 3.19. The van der Waals surface area contributed by atoms with Crippen molar-refractivity contribution >= 4 is 5.65 Å². The third-order valence-electron chi connectivity index (χ3n) is 6.05. The third-order valence-corrected chi connectivity index (χ3v) is 6.05. The maximum absolute atomic E-state index is 11.4. The van der Waals surface area contributed by atoms with Crippen LogP contribution < -0.4 is 0 Å². The number of imidazole rings is 1. The van der Waals surface area contributed by atoms with Gasteiger partial charge in [0.1, 0.15) is 5.65 Å². The number of aromatic nitrogens is 2. The van der Waals surface area contributed by atoms with E-state index in [1.807, 2.05) is 16.7 Å². The predicted molar refractivity (Wildman–Crippen MR) is 97.1 cm³/mol. The molecule has 2 unspecified atom stereocenters. The van der Waals surface area contributed by atoms with E-state index in [1.54, 1.807) is 6.20 Å². The fraction of sp³-hybridized carbons (Fsp3) is 0.381. The standard InChI is InChI=1S/C21H23N3O/c25-21(17-6-9-20-22-10-11-23(20)15-17)12-18-7-8-19(13-21)24(18)14-16-4-2-1-3-5-16/h1-6,9-11,15,18-19,25H,7-8,12-14H2. The van der Waals surface area contributed by atoms with Gasteiger partial charge in [-0.3, -0.25) is 4.90 Å². The van der Waals surface area contributed by atoms with Crippen molar-refractivity contribution in [3.63, 3.8) is 0 Å². The van der Waals surface area contributed by atoms with Gasteiger partial charge in [0.15, 0.2) is 0 Å². The normalized spacial score (nSPS) is 29.3. The maximum atomic E-state index is 11.4. The summed E-state index contributed by atoms with van der Waals surface area (Å²) in [5.74, 6) is 0. The van der Waals surface area contributed by atoms with Gasteiger partial charge in [0, 0.05) is 42.8 Å². The number of benzene rings is 1. The van der Waals surface area contributed by atoms with Gasteiger partial charge < -0.3 is 9.51 Å². The molecule has 4 nitrogen and oxygen atoms in total. The van der Waals surface area contributed by atoms with Crippen molar-refractivity contribution in [3.05, 3.63) is 72.2 Å². The number of piperidine rings is 1. The molecule has 2 aliphatic rings. The lowest BCUT2D eigenvalue weighted by Crippen LogP contribution is -2.49. The van der Waals surface area contributed by atoms with E-state index in [0.717, 1.165) is 30.6 Å². The monoisotopic (exact) mass is 333 g/mol. The lowest BCUT2D eigenvalue weighted by Gasteiger charge is -2.44. The molecule has 2 saturated heterocycles. The van der Waals surface area contributed by atoms with E-state index >= 15 is 0 Å². The molecule has 0 radical (unpaired) electrons. The summed E-state index contributed by atoms with van der Waals surface area (Å²) in [5, 5.41) is 11.4. The summed E-state index contributed by atoms with van der Waals surface area (Å²) in [6.07, 6.45) is 9.80. The van der Waals surface area contributed by atoms with E-state index in [4.69, 9.17) is 0 Å². The zero-order valence-electron chi connectivity index (χ0n) is 14.3. The molecular formula is C21H23N3O. The Bertz CT molecular complexity index is 874. The van der Waals surface area contributed by atoms with Crippen LogP contribution in [0.4, 0.5) is 0 Å². The largest absolute Gasteiger partial charge is 0.385 e. The third kappa shape index (κ3) is 2.57. The van der Waals surface area contributed by atoms with Crippen LogP contribution in [0.5, 0.6) is 0 Å². The van der Waals surface area contributed by atoms with E-state index < -0.39 is 5.60 Å². The van der Waals surface area contributed by atoms with Gasteiger partial charge in [-0.25, -0.2) is 4.98 Å². The SMILES string of the molecule is OC1(c2ccc3nccn3c2)CC2CCC(C1)N2Cc1ccccc1. The summed E-state index contributed by atoms with van der Waals surface area (Å²) in [6.45, 7) is 0.993. The second kappa shape index (κ2) is 5.68. The van der Waals surface area contributed by atoms with E-state index in [9.17, 15) is 5.11 Å². The van der Waals surface area contributed by atoms with E-state index in [0.29, 0.717) is 12.1 Å². The number of rotatable bonds is 3. The van der Waals surface area contributed by atoms with Crippen LogP contribution in [0.25, 0.3) is 5.65 Å². The number of pyridine rings is 1. The molecule has 1 N–H and O–H groups in total. The molecule has 2 atom stereocenters. The highest BCUT2D eigenvalue weighted by Gasteiger charge is 2.48. The Hall–Kier alpha value is -2.17. The van der Waals surface area contributed by atoms with E-state index in [1.165, 1.54) is 18.4 Å². The van der Waals surface area contributed by atoms with Crippen LogP contribution in [0, 0.1) is 0 Å². The molecule has 5 rings (SSSR count). The molecule has 0 spiro atoms. The Morgan fingerprint density at radius 3 is 2.56 bits per heavy atom. The Morgan fingerprint density at radius 1 is 1.04 bits per heavy atom. The molecule has 25 heavy (non-hydrogen) atoms. The summed E-state index contributed by atoms with van der Waals surface area (Å²) in [4.78, 5) is 6.91. The van der Waals surface area contributed by atoms with E-state index in [2.05, 4.69) is 52.5 Å². The lowest BCUT2D eigenvalue weighted by atomic mass is 9.81. The quantitative estimate of drug-likeness (QED) is 0.799. The van der Waals surface area contributed by atoms with Crippen molar-refractivity contribution < 1.29 is 5.11 Å². The summed E-state index contributed by atoms with van der Waals surface area (Å²) >= 11 is 0. The molecule has 4 heterocycles. The van der Waals surface area contributed by atoms with Gasteiger partial charge in [-0.15, -0.1) is 0 Å². The number of aliphatic hydroxyl groups is 1. The summed E-state index contributed by atoms with van der Waals surface area (Å²) in [7, 11) is 0. The fourth-order valence-electron chi connectivity index (χ4n) is 4.80. The Kier molecular flexibility index (Phi) is 3.43.